The summed E-state index contributed by atoms with van der Waals surface area (Å²) in [5.74, 6) is -1.50. The van der Waals surface area contributed by atoms with Crippen molar-refractivity contribution in [2.45, 2.75) is 12.5 Å². The van der Waals surface area contributed by atoms with Gasteiger partial charge in [0, 0.05) is 25.2 Å². The fraction of sp³-hybridized carbons (Fsp3) is 0.300. The van der Waals surface area contributed by atoms with Crippen LogP contribution in [-0.4, -0.2) is 26.8 Å². The summed E-state index contributed by atoms with van der Waals surface area (Å²) in [7, 11) is 1.67. The lowest BCUT2D eigenvalue weighted by Crippen LogP contribution is -2.33. The number of nitrogens with one attached hydrogen (secondary N) is 1. The molecule has 2 N–H and O–H groups in total. The summed E-state index contributed by atoms with van der Waals surface area (Å²) in [5, 5.41) is 15.2. The van der Waals surface area contributed by atoms with Crippen molar-refractivity contribution >= 4 is 11.9 Å². The van der Waals surface area contributed by atoms with Gasteiger partial charge in [-0.05, 0) is 0 Å². The van der Waals surface area contributed by atoms with Crippen molar-refractivity contribution in [3.05, 3.63) is 30.6 Å². The first-order chi connectivity index (χ1) is 7.54. The Kier molecular flexibility index (Phi) is 3.82. The zero-order valence-electron chi connectivity index (χ0n) is 8.88. The van der Waals surface area contributed by atoms with E-state index in [1.54, 1.807) is 13.2 Å². The van der Waals surface area contributed by atoms with Gasteiger partial charge in [-0.3, -0.25) is 9.48 Å². The van der Waals surface area contributed by atoms with E-state index in [2.05, 4.69) is 17.0 Å². The maximum Gasteiger partial charge on any atom is 0.331 e. The second-order valence-corrected chi connectivity index (χ2v) is 3.28. The Morgan fingerprint density at radius 3 is 2.88 bits per heavy atom. The number of aryl methyl sites for hydroxylation is 1. The van der Waals surface area contributed by atoms with Crippen LogP contribution in [-0.2, 0) is 16.6 Å². The fourth-order valence-corrected chi connectivity index (χ4v) is 1.23. The molecule has 0 fully saturated rings. The van der Waals surface area contributed by atoms with Crippen molar-refractivity contribution < 1.29 is 14.7 Å². The van der Waals surface area contributed by atoms with Crippen molar-refractivity contribution in [2.75, 3.05) is 0 Å². The number of aliphatic carboxylic acids is 1. The van der Waals surface area contributed by atoms with Crippen LogP contribution in [0.4, 0.5) is 0 Å². The largest absolute Gasteiger partial charge is 0.479 e. The molecule has 16 heavy (non-hydrogen) atoms. The van der Waals surface area contributed by atoms with E-state index in [0.29, 0.717) is 5.56 Å². The summed E-state index contributed by atoms with van der Waals surface area (Å²) in [6, 6.07) is -1.07. The van der Waals surface area contributed by atoms with Crippen molar-refractivity contribution in [2.24, 2.45) is 7.05 Å². The van der Waals surface area contributed by atoms with Gasteiger partial charge in [0.05, 0.1) is 6.20 Å². The molecule has 0 aliphatic carbocycles. The Morgan fingerprint density at radius 1 is 1.75 bits per heavy atom. The molecule has 1 rings (SSSR count). The number of carboxylic acid groups (broad SMARTS) is 1. The lowest BCUT2D eigenvalue weighted by molar-refractivity contribution is -0.141. The number of hydrogen-bond donors (Lipinski definition) is 2. The summed E-state index contributed by atoms with van der Waals surface area (Å²) >= 11 is 0. The highest BCUT2D eigenvalue weighted by Gasteiger charge is 2.22. The van der Waals surface area contributed by atoms with Crippen molar-refractivity contribution in [1.29, 1.82) is 0 Å². The highest BCUT2D eigenvalue weighted by atomic mass is 16.4. The minimum atomic E-state index is -1.12. The number of hydrogen-bond acceptors (Lipinski definition) is 3. The average molecular weight is 223 g/mol. The van der Waals surface area contributed by atoms with Crippen LogP contribution < -0.4 is 5.32 Å². The van der Waals surface area contributed by atoms with Gasteiger partial charge >= 0.3 is 5.97 Å². The van der Waals surface area contributed by atoms with Crippen LogP contribution in [0.25, 0.3) is 0 Å². The van der Waals surface area contributed by atoms with Gasteiger partial charge in [-0.2, -0.15) is 5.10 Å². The molecule has 6 heteroatoms. The first-order valence-electron chi connectivity index (χ1n) is 4.66. The number of amides is 1. The van der Waals surface area contributed by atoms with Crippen LogP contribution in [0.2, 0.25) is 0 Å². The van der Waals surface area contributed by atoms with Gasteiger partial charge in [0.2, 0.25) is 5.91 Å². The van der Waals surface area contributed by atoms with Gasteiger partial charge in [-0.15, -0.1) is 6.58 Å². The first-order valence-corrected chi connectivity index (χ1v) is 4.66. The highest BCUT2D eigenvalue weighted by Crippen LogP contribution is 2.11. The quantitative estimate of drug-likeness (QED) is 0.700. The molecule has 0 saturated heterocycles. The summed E-state index contributed by atoms with van der Waals surface area (Å²) in [6.45, 7) is 3.40. The summed E-state index contributed by atoms with van der Waals surface area (Å²) < 4.78 is 1.48. The van der Waals surface area contributed by atoms with Gasteiger partial charge in [0.15, 0.2) is 6.04 Å². The minimum absolute atomic E-state index is 0.0873. The lowest BCUT2D eigenvalue weighted by atomic mass is 10.1. The third-order valence-corrected chi connectivity index (χ3v) is 1.94. The minimum Gasteiger partial charge on any atom is -0.479 e. The van der Waals surface area contributed by atoms with E-state index in [-0.39, 0.29) is 12.3 Å². The Morgan fingerprint density at radius 2 is 2.44 bits per heavy atom. The Balaban J connectivity index is 2.80. The molecule has 0 saturated carbocycles. The maximum absolute atomic E-state index is 11.3. The lowest BCUT2D eigenvalue weighted by Gasteiger charge is -2.11. The van der Waals surface area contributed by atoms with Crippen molar-refractivity contribution in [3.63, 3.8) is 0 Å². The molecule has 0 radical (unpaired) electrons. The molecule has 86 valence electrons. The Hall–Kier alpha value is -2.11. The zero-order valence-corrected chi connectivity index (χ0v) is 8.88. The molecule has 0 spiro atoms. The number of nitrogens with zero attached hydrogens (tertiary/aromatic N) is 2. The molecule has 0 aliphatic heterocycles. The van der Waals surface area contributed by atoms with E-state index in [0.717, 1.165) is 0 Å². The average Bonchev–Trinajstić information content (AvgIpc) is 2.61. The molecule has 1 aromatic heterocycles. The molecule has 1 aromatic rings. The van der Waals surface area contributed by atoms with Crippen LogP contribution in [0, 0.1) is 0 Å². The predicted molar refractivity (Wildman–Crippen MR) is 56.5 cm³/mol. The third kappa shape index (κ3) is 2.94. The fourth-order valence-electron chi connectivity index (χ4n) is 1.23. The second-order valence-electron chi connectivity index (χ2n) is 3.28. The van der Waals surface area contributed by atoms with Gasteiger partial charge in [-0.25, -0.2) is 4.79 Å². The molecule has 1 heterocycles. The smallest absolute Gasteiger partial charge is 0.331 e. The summed E-state index contributed by atoms with van der Waals surface area (Å²) in [4.78, 5) is 22.2. The monoisotopic (exact) mass is 223 g/mol. The van der Waals surface area contributed by atoms with Gasteiger partial charge in [0.1, 0.15) is 0 Å². The standard InChI is InChI=1S/C10H13N3O3/c1-3-4-8(14)12-9(10(15)16)7-5-11-13(2)6-7/h3,5-6,9H,1,4H2,2H3,(H,12,14)(H,15,16). The molecular formula is C10H13N3O3. The molecule has 1 atom stereocenters. The number of rotatable bonds is 5. The topological polar surface area (TPSA) is 84.2 Å². The third-order valence-electron chi connectivity index (χ3n) is 1.94. The number of carboxylic acids is 1. The van der Waals surface area contributed by atoms with Crippen LogP contribution in [0.3, 0.4) is 0 Å². The van der Waals surface area contributed by atoms with E-state index in [9.17, 15) is 9.59 Å². The van der Waals surface area contributed by atoms with Crippen LogP contribution in [0.15, 0.2) is 25.0 Å². The summed E-state index contributed by atoms with van der Waals surface area (Å²) in [6.07, 6.45) is 4.46. The predicted octanol–water partition coefficient (Wildman–Crippen LogP) is 0.238. The Labute approximate surface area is 92.6 Å². The number of carbonyl (C=O) groups excluding carboxylic acids is 1. The zero-order chi connectivity index (χ0) is 12.1. The van der Waals surface area contributed by atoms with E-state index in [1.165, 1.54) is 17.0 Å². The first kappa shape index (κ1) is 12.0. The molecule has 1 amide bonds. The maximum atomic E-state index is 11.3. The number of carbonyl (C=O) groups is 2. The molecule has 0 bridgehead atoms. The molecule has 0 aliphatic rings. The number of aromatic nitrogens is 2. The van der Waals surface area contributed by atoms with Crippen LogP contribution >= 0.6 is 0 Å². The molecule has 6 nitrogen and oxygen atoms in total. The van der Waals surface area contributed by atoms with Gasteiger partial charge in [-0.1, -0.05) is 6.08 Å². The second kappa shape index (κ2) is 5.11. The molecule has 1 unspecified atom stereocenters. The van der Waals surface area contributed by atoms with E-state index >= 15 is 0 Å². The summed E-state index contributed by atoms with van der Waals surface area (Å²) in [5.41, 5.74) is 0.437. The molecular weight excluding hydrogens is 210 g/mol. The van der Waals surface area contributed by atoms with E-state index in [1.807, 2.05) is 0 Å². The SMILES string of the molecule is C=CCC(=O)NC(C(=O)O)c1cnn(C)c1. The van der Waals surface area contributed by atoms with Crippen LogP contribution in [0.1, 0.15) is 18.0 Å². The van der Waals surface area contributed by atoms with E-state index in [4.69, 9.17) is 5.11 Å². The van der Waals surface area contributed by atoms with E-state index < -0.39 is 12.0 Å². The molecule has 0 aromatic carbocycles. The van der Waals surface area contributed by atoms with Crippen molar-refractivity contribution in [3.8, 4) is 0 Å². The normalized spacial score (nSPS) is 11.8. The van der Waals surface area contributed by atoms with Gasteiger partial charge in [0.25, 0.3) is 0 Å². The highest BCUT2D eigenvalue weighted by molar-refractivity contribution is 5.85. The van der Waals surface area contributed by atoms with Gasteiger partial charge < -0.3 is 10.4 Å². The van der Waals surface area contributed by atoms with Crippen molar-refractivity contribution in [1.82, 2.24) is 15.1 Å². The van der Waals surface area contributed by atoms with Crippen LogP contribution in [0.5, 0.6) is 0 Å². The Bertz CT molecular complexity index is 411.